The third kappa shape index (κ3) is 3.37. The molecule has 40 heavy (non-hydrogen) atoms. The highest BCUT2D eigenvalue weighted by Crippen LogP contribution is 2.47. The number of hydrogen-bond donors (Lipinski definition) is 2. The van der Waals surface area contributed by atoms with Crippen LogP contribution in [0, 0.1) is 11.3 Å². The number of fused-ring (bicyclic) bond motifs is 7. The highest BCUT2D eigenvalue weighted by molar-refractivity contribution is 7.26. The Kier molecular flexibility index (Phi) is 5.27. The van der Waals surface area contributed by atoms with E-state index in [0.29, 0.717) is 5.56 Å². The van der Waals surface area contributed by atoms with Crippen LogP contribution in [0.4, 0.5) is 0 Å². The van der Waals surface area contributed by atoms with Crippen LogP contribution in [0.2, 0.25) is 0 Å². The molecule has 3 N–H and O–H groups in total. The van der Waals surface area contributed by atoms with Crippen LogP contribution in [-0.4, -0.2) is 9.47 Å². The van der Waals surface area contributed by atoms with Gasteiger partial charge in [0.15, 0.2) is 0 Å². The van der Waals surface area contributed by atoms with E-state index < -0.39 is 0 Å². The number of thiophene rings is 1. The number of para-hydroxylation sites is 1. The predicted molar refractivity (Wildman–Crippen MR) is 164 cm³/mol. The number of benzene rings is 5. The molecule has 5 aromatic carbocycles. The zero-order chi connectivity index (χ0) is 26.8. The zero-order valence-corrected chi connectivity index (χ0v) is 22.3. The summed E-state index contributed by atoms with van der Waals surface area (Å²) in [4.78, 5) is 2.34. The van der Waals surface area contributed by atoms with Crippen molar-refractivity contribution in [2.75, 3.05) is 0 Å². The molecule has 192 valence electrons. The Morgan fingerprint density at radius 1 is 0.750 bits per heavy atom. The quantitative estimate of drug-likeness (QED) is 0.242. The maximum absolute atomic E-state index is 9.33. The van der Waals surface area contributed by atoms with Gasteiger partial charge in [0.25, 0.3) is 0 Å². The van der Waals surface area contributed by atoms with Crippen LogP contribution in [0.1, 0.15) is 35.3 Å². The van der Waals surface area contributed by atoms with Gasteiger partial charge in [-0.2, -0.15) is 5.26 Å². The molecule has 0 bridgehead atoms. The second-order valence-corrected chi connectivity index (χ2v) is 11.4. The van der Waals surface area contributed by atoms with E-state index in [1.54, 1.807) is 0 Å². The fraction of sp³-hybridized carbons (Fsp3) is 0.0882. The van der Waals surface area contributed by atoms with Crippen LogP contribution in [0.5, 0.6) is 0 Å². The molecule has 0 radical (unpaired) electrons. The fourth-order valence-corrected chi connectivity index (χ4v) is 7.49. The molecule has 1 aliphatic rings. The number of nitrogens with one attached hydrogen (secondary N) is 1. The van der Waals surface area contributed by atoms with Gasteiger partial charge in [-0.15, -0.1) is 11.3 Å². The first-order chi connectivity index (χ1) is 19.7. The molecule has 3 heterocycles. The van der Waals surface area contributed by atoms with Crippen molar-refractivity contribution in [2.45, 2.75) is 18.6 Å². The molecule has 5 nitrogen and oxygen atoms in total. The molecule has 0 saturated carbocycles. The summed E-state index contributed by atoms with van der Waals surface area (Å²) in [6, 6.07) is 42.1. The van der Waals surface area contributed by atoms with Gasteiger partial charge in [-0.25, -0.2) is 4.90 Å². The number of nitrogens with zero attached hydrogens (tertiary/aromatic N) is 3. The molecular formula is C34H25N5S. The van der Waals surface area contributed by atoms with Gasteiger partial charge in [0, 0.05) is 26.2 Å². The lowest BCUT2D eigenvalue weighted by Gasteiger charge is -2.53. The van der Waals surface area contributed by atoms with Crippen molar-refractivity contribution < 1.29 is 0 Å². The third-order valence-corrected chi connectivity index (χ3v) is 9.36. The lowest BCUT2D eigenvalue weighted by Crippen LogP contribution is -2.62. The van der Waals surface area contributed by atoms with Crippen molar-refractivity contribution in [3.63, 3.8) is 0 Å². The standard InChI is InChI=1S/C34H25N5S/c35-20-21-14-16-22(17-15-21)32(36)39-33(23-8-2-1-3-9-23)37-34(39)38-28-12-6-4-10-24(28)26-18-19-27-25-11-5-7-13-29(25)40-31(27)30(26)38/h1-19,32-34,37H,36H2/t32?,33-,34?/m0/s1. The van der Waals surface area contributed by atoms with E-state index in [0.717, 1.165) is 11.1 Å². The summed E-state index contributed by atoms with van der Waals surface area (Å²) < 4.78 is 5.01. The highest BCUT2D eigenvalue weighted by atomic mass is 32.1. The molecule has 8 rings (SSSR count). The minimum absolute atomic E-state index is 0.0605. The van der Waals surface area contributed by atoms with Crippen LogP contribution in [0.15, 0.2) is 115 Å². The van der Waals surface area contributed by atoms with Crippen LogP contribution in [0.3, 0.4) is 0 Å². The van der Waals surface area contributed by atoms with Gasteiger partial charge < -0.3 is 10.3 Å². The lowest BCUT2D eigenvalue weighted by molar-refractivity contribution is -0.104. The van der Waals surface area contributed by atoms with E-state index in [4.69, 9.17) is 5.73 Å². The van der Waals surface area contributed by atoms with Gasteiger partial charge in [-0.3, -0.25) is 5.32 Å². The molecular weight excluding hydrogens is 510 g/mol. The second-order valence-electron chi connectivity index (χ2n) is 10.3. The summed E-state index contributed by atoms with van der Waals surface area (Å²) in [7, 11) is 0. The lowest BCUT2D eigenvalue weighted by atomic mass is 10.0. The van der Waals surface area contributed by atoms with Crippen molar-refractivity contribution in [2.24, 2.45) is 5.73 Å². The SMILES string of the molecule is N#Cc1ccc(C(N)N2C(n3c4ccccc4c4ccc5c6ccccc6sc5c43)N[C@@H]2c2ccccc2)cc1. The molecule has 1 fully saturated rings. The van der Waals surface area contributed by atoms with Crippen LogP contribution in [0.25, 0.3) is 42.0 Å². The zero-order valence-electron chi connectivity index (χ0n) is 21.5. The minimum Gasteiger partial charge on any atom is -0.312 e. The maximum atomic E-state index is 9.33. The van der Waals surface area contributed by atoms with Crippen LogP contribution in [-0.2, 0) is 0 Å². The topological polar surface area (TPSA) is 70.0 Å². The molecule has 2 unspecified atom stereocenters. The third-order valence-electron chi connectivity index (χ3n) is 8.17. The van der Waals surface area contributed by atoms with E-state index in [2.05, 4.69) is 106 Å². The summed E-state index contributed by atoms with van der Waals surface area (Å²) >= 11 is 1.85. The van der Waals surface area contributed by atoms with Gasteiger partial charge in [0.2, 0.25) is 0 Å². The number of aromatic nitrogens is 1. The largest absolute Gasteiger partial charge is 0.312 e. The van der Waals surface area contributed by atoms with E-state index in [-0.39, 0.29) is 18.6 Å². The maximum Gasteiger partial charge on any atom is 0.146 e. The molecule has 6 heteroatoms. The molecule has 2 aromatic heterocycles. The normalized spacial score (nSPS) is 18.3. The minimum atomic E-state index is -0.387. The van der Waals surface area contributed by atoms with Gasteiger partial charge in [0.1, 0.15) is 6.29 Å². The summed E-state index contributed by atoms with van der Waals surface area (Å²) in [5.74, 6) is 0. The first-order valence-corrected chi connectivity index (χ1v) is 14.2. The summed E-state index contributed by atoms with van der Waals surface area (Å²) in [6.45, 7) is 0. The van der Waals surface area contributed by atoms with E-state index in [1.807, 2.05) is 41.7 Å². The molecule has 7 aromatic rings. The Labute approximate surface area is 235 Å². The second kappa shape index (κ2) is 9.02. The van der Waals surface area contributed by atoms with Gasteiger partial charge >= 0.3 is 0 Å². The van der Waals surface area contributed by atoms with E-state index in [1.165, 1.54) is 42.0 Å². The molecule has 0 spiro atoms. The van der Waals surface area contributed by atoms with Gasteiger partial charge in [-0.05, 0) is 35.4 Å². The van der Waals surface area contributed by atoms with Gasteiger partial charge in [0.05, 0.1) is 39.7 Å². The summed E-state index contributed by atoms with van der Waals surface area (Å²) in [5.41, 5.74) is 12.2. The first-order valence-electron chi connectivity index (χ1n) is 13.4. The van der Waals surface area contributed by atoms with E-state index in [9.17, 15) is 5.26 Å². The average Bonchev–Trinajstić information content (AvgIpc) is 3.53. The number of rotatable bonds is 4. The van der Waals surface area contributed by atoms with Gasteiger partial charge in [-0.1, -0.05) is 91.0 Å². The smallest absolute Gasteiger partial charge is 0.146 e. The Morgan fingerprint density at radius 3 is 2.25 bits per heavy atom. The summed E-state index contributed by atoms with van der Waals surface area (Å²) in [5, 5.41) is 18.2. The molecule has 3 atom stereocenters. The highest BCUT2D eigenvalue weighted by Gasteiger charge is 2.44. The fourth-order valence-electron chi connectivity index (χ4n) is 6.24. The molecule has 1 aliphatic heterocycles. The van der Waals surface area contributed by atoms with Crippen LogP contribution >= 0.6 is 11.3 Å². The Hall–Kier alpha value is -4.51. The monoisotopic (exact) mass is 535 g/mol. The number of nitrogens with two attached hydrogens (primary N) is 1. The Bertz CT molecular complexity index is 2090. The number of nitriles is 1. The average molecular weight is 536 g/mol. The van der Waals surface area contributed by atoms with Crippen molar-refractivity contribution in [3.05, 3.63) is 132 Å². The Balaban J connectivity index is 1.37. The Morgan fingerprint density at radius 2 is 1.45 bits per heavy atom. The van der Waals surface area contributed by atoms with Crippen LogP contribution < -0.4 is 11.1 Å². The van der Waals surface area contributed by atoms with Crippen molar-refractivity contribution in [1.29, 1.82) is 5.26 Å². The predicted octanol–water partition coefficient (Wildman–Crippen LogP) is 7.75. The molecule has 0 amide bonds. The van der Waals surface area contributed by atoms with Crippen molar-refractivity contribution in [1.82, 2.24) is 14.8 Å². The molecule has 1 saturated heterocycles. The van der Waals surface area contributed by atoms with E-state index >= 15 is 0 Å². The first kappa shape index (κ1) is 23.4. The van der Waals surface area contributed by atoms with Crippen molar-refractivity contribution >= 4 is 53.3 Å². The number of hydrogen-bond acceptors (Lipinski definition) is 5. The summed E-state index contributed by atoms with van der Waals surface area (Å²) in [6.07, 6.45) is -0.620. The van der Waals surface area contributed by atoms with Crippen molar-refractivity contribution in [3.8, 4) is 6.07 Å². The molecule has 0 aliphatic carbocycles.